The van der Waals surface area contributed by atoms with E-state index < -0.39 is 11.7 Å². The van der Waals surface area contributed by atoms with Gasteiger partial charge >= 0.3 is 12.2 Å². The Balaban J connectivity index is 1.28. The van der Waals surface area contributed by atoms with Gasteiger partial charge in [-0.1, -0.05) is 30.3 Å². The van der Waals surface area contributed by atoms with Crippen molar-refractivity contribution in [1.29, 1.82) is 0 Å². The zero-order valence-electron chi connectivity index (χ0n) is 26.4. The van der Waals surface area contributed by atoms with E-state index in [9.17, 15) is 19.2 Å². The number of nitrogens with one attached hydrogen (secondary N) is 2. The van der Waals surface area contributed by atoms with Gasteiger partial charge in [-0.25, -0.2) is 14.3 Å². The Kier molecular flexibility index (Phi) is 11.3. The van der Waals surface area contributed by atoms with Crippen molar-refractivity contribution in [3.8, 4) is 11.3 Å². The van der Waals surface area contributed by atoms with Crippen molar-refractivity contribution >= 4 is 23.8 Å². The standard InChI is InChI=1S/C33H42N6O6/c1-5-44-31(42)35-27-11-7-9-25(21-27)23-39-30(41)13-12-28(36-39)26-10-6-8-24(20-26)22-34-29(40)14-15-37-16-18-38(19-17-37)32(43)45-33(2,3)4/h6-13,20-21H,5,14-19,22-23H2,1-4H3,(H,34,40)(H,35,42). The monoisotopic (exact) mass is 618 g/mol. The van der Waals surface area contributed by atoms with Gasteiger partial charge < -0.3 is 19.7 Å². The molecule has 1 saturated heterocycles. The van der Waals surface area contributed by atoms with Crippen molar-refractivity contribution < 1.29 is 23.9 Å². The Hall–Kier alpha value is -4.71. The molecule has 12 heteroatoms. The normalized spacial score (nSPS) is 13.6. The molecule has 0 radical (unpaired) electrons. The summed E-state index contributed by atoms with van der Waals surface area (Å²) < 4.78 is 11.8. The van der Waals surface area contributed by atoms with Crippen LogP contribution in [-0.2, 0) is 27.4 Å². The van der Waals surface area contributed by atoms with Crippen molar-refractivity contribution in [2.75, 3.05) is 44.6 Å². The Labute approximate surface area is 263 Å². The van der Waals surface area contributed by atoms with Gasteiger partial charge in [-0.3, -0.25) is 19.8 Å². The molecular weight excluding hydrogens is 576 g/mol. The Morgan fingerprint density at radius 3 is 2.40 bits per heavy atom. The highest BCUT2D eigenvalue weighted by Gasteiger charge is 2.26. The fourth-order valence-corrected chi connectivity index (χ4v) is 4.79. The maximum atomic E-state index is 12.6. The second kappa shape index (κ2) is 15.3. The Morgan fingerprint density at radius 2 is 1.67 bits per heavy atom. The molecule has 2 heterocycles. The first-order valence-electron chi connectivity index (χ1n) is 15.2. The van der Waals surface area contributed by atoms with E-state index in [2.05, 4.69) is 20.6 Å². The summed E-state index contributed by atoms with van der Waals surface area (Å²) >= 11 is 0. The average molecular weight is 619 g/mol. The van der Waals surface area contributed by atoms with Crippen LogP contribution in [0.15, 0.2) is 65.5 Å². The second-order valence-corrected chi connectivity index (χ2v) is 11.8. The number of piperazine rings is 1. The first-order chi connectivity index (χ1) is 21.5. The molecule has 3 aromatic rings. The molecule has 12 nitrogen and oxygen atoms in total. The maximum absolute atomic E-state index is 12.6. The molecule has 45 heavy (non-hydrogen) atoms. The summed E-state index contributed by atoms with van der Waals surface area (Å²) in [5, 5.41) is 10.2. The number of carbonyl (C=O) groups is 3. The van der Waals surface area contributed by atoms with Gasteiger partial charge in [0, 0.05) is 63.0 Å². The molecule has 0 aliphatic carbocycles. The van der Waals surface area contributed by atoms with Gasteiger partial charge in [-0.2, -0.15) is 5.10 Å². The number of amides is 3. The highest BCUT2D eigenvalue weighted by molar-refractivity contribution is 5.84. The minimum atomic E-state index is -0.543. The molecule has 2 aromatic carbocycles. The molecule has 0 bridgehead atoms. The zero-order valence-corrected chi connectivity index (χ0v) is 26.4. The summed E-state index contributed by atoms with van der Waals surface area (Å²) in [7, 11) is 0. The number of hydrogen-bond acceptors (Lipinski definition) is 8. The van der Waals surface area contributed by atoms with Crippen LogP contribution in [0.4, 0.5) is 15.3 Å². The highest BCUT2D eigenvalue weighted by Crippen LogP contribution is 2.18. The van der Waals surface area contributed by atoms with Gasteiger partial charge in [0.05, 0.1) is 18.8 Å². The molecule has 0 saturated carbocycles. The lowest BCUT2D eigenvalue weighted by Crippen LogP contribution is -2.50. The molecule has 240 valence electrons. The third-order valence-corrected chi connectivity index (χ3v) is 7.04. The van der Waals surface area contributed by atoms with Crippen molar-refractivity contribution in [1.82, 2.24) is 24.9 Å². The number of ether oxygens (including phenoxy) is 2. The predicted molar refractivity (Wildman–Crippen MR) is 171 cm³/mol. The summed E-state index contributed by atoms with van der Waals surface area (Å²) in [5.74, 6) is -0.0543. The largest absolute Gasteiger partial charge is 0.450 e. The van der Waals surface area contributed by atoms with Gasteiger partial charge in [0.25, 0.3) is 5.56 Å². The number of benzene rings is 2. The topological polar surface area (TPSA) is 135 Å². The average Bonchev–Trinajstić information content (AvgIpc) is 3.00. The van der Waals surface area contributed by atoms with Crippen molar-refractivity contribution in [2.45, 2.75) is 52.8 Å². The molecule has 1 aliphatic heterocycles. The first kappa shape index (κ1) is 33.2. The smallest absolute Gasteiger partial charge is 0.411 e. The minimum Gasteiger partial charge on any atom is -0.450 e. The lowest BCUT2D eigenvalue weighted by molar-refractivity contribution is -0.121. The predicted octanol–water partition coefficient (Wildman–Crippen LogP) is 4.09. The lowest BCUT2D eigenvalue weighted by atomic mass is 10.1. The van der Waals surface area contributed by atoms with Gasteiger partial charge in [0.2, 0.25) is 5.91 Å². The van der Waals surface area contributed by atoms with Gasteiger partial charge in [-0.05, 0) is 63.1 Å². The maximum Gasteiger partial charge on any atom is 0.411 e. The molecule has 4 rings (SSSR count). The summed E-state index contributed by atoms with van der Waals surface area (Å²) in [4.78, 5) is 53.1. The van der Waals surface area contributed by atoms with E-state index in [0.29, 0.717) is 57.1 Å². The van der Waals surface area contributed by atoms with Crippen LogP contribution in [0.25, 0.3) is 11.3 Å². The van der Waals surface area contributed by atoms with Crippen LogP contribution < -0.4 is 16.2 Å². The summed E-state index contributed by atoms with van der Waals surface area (Å²) in [6.07, 6.45) is -0.487. The van der Waals surface area contributed by atoms with Gasteiger partial charge in [0.15, 0.2) is 0 Å². The van der Waals surface area contributed by atoms with E-state index >= 15 is 0 Å². The van der Waals surface area contributed by atoms with Crippen molar-refractivity contribution in [3.05, 3.63) is 82.1 Å². The molecule has 1 aromatic heterocycles. The molecule has 0 atom stereocenters. The van der Waals surface area contributed by atoms with Crippen LogP contribution in [0.3, 0.4) is 0 Å². The molecular formula is C33H42N6O6. The third kappa shape index (κ3) is 10.5. The van der Waals surface area contributed by atoms with Crippen molar-refractivity contribution in [3.63, 3.8) is 0 Å². The SMILES string of the molecule is CCOC(=O)Nc1cccc(Cn2nc(-c3cccc(CNC(=O)CCN4CCN(C(=O)OC(C)(C)C)CC4)c3)ccc2=O)c1. The summed E-state index contributed by atoms with van der Waals surface area (Å²) in [6.45, 7) is 11.3. The molecule has 1 fully saturated rings. The van der Waals surface area contributed by atoms with Crippen LogP contribution in [-0.4, -0.2) is 82.6 Å². The fourth-order valence-electron chi connectivity index (χ4n) is 4.79. The first-order valence-corrected chi connectivity index (χ1v) is 15.2. The number of aromatic nitrogens is 2. The number of carbonyl (C=O) groups excluding carboxylic acids is 3. The lowest BCUT2D eigenvalue weighted by Gasteiger charge is -2.35. The number of nitrogens with zero attached hydrogens (tertiary/aromatic N) is 4. The van der Waals surface area contributed by atoms with Crippen LogP contribution in [0.5, 0.6) is 0 Å². The fraction of sp³-hybridized carbons (Fsp3) is 0.424. The molecule has 0 unspecified atom stereocenters. The zero-order chi connectivity index (χ0) is 32.4. The second-order valence-electron chi connectivity index (χ2n) is 11.8. The quantitative estimate of drug-likeness (QED) is 0.347. The molecule has 0 spiro atoms. The van der Waals surface area contributed by atoms with Gasteiger partial charge in [-0.15, -0.1) is 0 Å². The van der Waals surface area contributed by atoms with E-state index in [0.717, 1.165) is 16.7 Å². The van der Waals surface area contributed by atoms with E-state index in [-0.39, 0.29) is 30.7 Å². The molecule has 2 N–H and O–H groups in total. The van der Waals surface area contributed by atoms with Crippen LogP contribution >= 0.6 is 0 Å². The van der Waals surface area contributed by atoms with Crippen LogP contribution in [0, 0.1) is 0 Å². The van der Waals surface area contributed by atoms with Gasteiger partial charge in [0.1, 0.15) is 5.60 Å². The van der Waals surface area contributed by atoms with Crippen LogP contribution in [0.2, 0.25) is 0 Å². The number of anilines is 1. The summed E-state index contributed by atoms with van der Waals surface area (Å²) in [6, 6.07) is 18.0. The Morgan fingerprint density at radius 1 is 0.933 bits per heavy atom. The van der Waals surface area contributed by atoms with E-state index in [1.165, 1.54) is 10.7 Å². The Bertz CT molecular complexity index is 1540. The van der Waals surface area contributed by atoms with Crippen LogP contribution in [0.1, 0.15) is 45.2 Å². The molecule has 3 amide bonds. The highest BCUT2D eigenvalue weighted by atomic mass is 16.6. The molecule has 1 aliphatic rings. The summed E-state index contributed by atoms with van der Waals surface area (Å²) in [5.41, 5.74) is 2.92. The van der Waals surface area contributed by atoms with Crippen molar-refractivity contribution in [2.24, 2.45) is 0 Å². The third-order valence-electron chi connectivity index (χ3n) is 7.04. The van der Waals surface area contributed by atoms with E-state index in [4.69, 9.17) is 9.47 Å². The van der Waals surface area contributed by atoms with E-state index in [1.54, 1.807) is 36.1 Å². The minimum absolute atomic E-state index is 0.0543. The van der Waals surface area contributed by atoms with E-state index in [1.807, 2.05) is 51.1 Å². The number of rotatable bonds is 10. The number of hydrogen-bond donors (Lipinski definition) is 2.